The van der Waals surface area contributed by atoms with Gasteiger partial charge in [-0.25, -0.2) is 0 Å². The van der Waals surface area contributed by atoms with E-state index in [1.54, 1.807) is 36.4 Å². The van der Waals surface area contributed by atoms with Gasteiger partial charge in [0.15, 0.2) is 11.5 Å². The Labute approximate surface area is 158 Å². The summed E-state index contributed by atoms with van der Waals surface area (Å²) in [4.78, 5) is 12.3. The molecular weight excluding hydrogens is 408 g/mol. The van der Waals surface area contributed by atoms with E-state index in [2.05, 4.69) is 21.2 Å². The van der Waals surface area contributed by atoms with Gasteiger partial charge in [-0.05, 0) is 51.8 Å². The molecule has 1 N–H and O–H groups in total. The zero-order chi connectivity index (χ0) is 18.4. The molecule has 0 heterocycles. The molecule has 25 heavy (non-hydrogen) atoms. The van der Waals surface area contributed by atoms with Gasteiger partial charge in [0.1, 0.15) is 11.6 Å². The van der Waals surface area contributed by atoms with E-state index in [1.165, 1.54) is 20.3 Å². The normalized spacial score (nSPS) is 10.8. The van der Waals surface area contributed by atoms with E-state index < -0.39 is 5.91 Å². The summed E-state index contributed by atoms with van der Waals surface area (Å²) in [7, 11) is 3.03. The number of benzene rings is 2. The van der Waals surface area contributed by atoms with Crippen molar-refractivity contribution in [2.75, 3.05) is 19.5 Å². The number of hydrogen-bond acceptors (Lipinski definition) is 4. The maximum atomic E-state index is 12.3. The highest BCUT2D eigenvalue weighted by molar-refractivity contribution is 9.10. The second-order valence-electron chi connectivity index (χ2n) is 4.84. The molecule has 128 valence electrons. The van der Waals surface area contributed by atoms with E-state index in [1.807, 2.05) is 6.07 Å². The van der Waals surface area contributed by atoms with Crippen LogP contribution in [0.25, 0.3) is 6.08 Å². The van der Waals surface area contributed by atoms with Gasteiger partial charge < -0.3 is 14.8 Å². The average Bonchev–Trinajstić information content (AvgIpc) is 2.60. The lowest BCUT2D eigenvalue weighted by Gasteiger charge is -2.11. The Bertz CT molecular complexity index is 875. The molecule has 0 unspecified atom stereocenters. The average molecular weight is 422 g/mol. The maximum Gasteiger partial charge on any atom is 0.266 e. The van der Waals surface area contributed by atoms with Crippen molar-refractivity contribution in [1.29, 1.82) is 5.26 Å². The summed E-state index contributed by atoms with van der Waals surface area (Å²) >= 11 is 9.39. The third-order valence-corrected chi connectivity index (χ3v) is 4.17. The first-order chi connectivity index (χ1) is 12.0. The Morgan fingerprint density at radius 1 is 1.28 bits per heavy atom. The van der Waals surface area contributed by atoms with Gasteiger partial charge >= 0.3 is 0 Å². The van der Waals surface area contributed by atoms with Crippen LogP contribution in [0.2, 0.25) is 5.02 Å². The van der Waals surface area contributed by atoms with Gasteiger partial charge in [0.2, 0.25) is 0 Å². The molecule has 0 aliphatic heterocycles. The monoisotopic (exact) mass is 420 g/mol. The summed E-state index contributed by atoms with van der Waals surface area (Å²) < 4.78 is 11.1. The zero-order valence-corrected chi connectivity index (χ0v) is 15.8. The molecule has 0 fully saturated rings. The number of nitrogens with zero attached hydrogens (tertiary/aromatic N) is 1. The highest BCUT2D eigenvalue weighted by Crippen LogP contribution is 2.36. The van der Waals surface area contributed by atoms with Crippen molar-refractivity contribution in [3.8, 4) is 17.6 Å². The van der Waals surface area contributed by atoms with E-state index in [0.29, 0.717) is 32.2 Å². The van der Waals surface area contributed by atoms with Gasteiger partial charge in [0.05, 0.1) is 29.4 Å². The van der Waals surface area contributed by atoms with Crippen LogP contribution < -0.4 is 14.8 Å². The number of nitriles is 1. The fourth-order valence-electron chi connectivity index (χ4n) is 2.09. The zero-order valence-electron chi connectivity index (χ0n) is 13.5. The van der Waals surface area contributed by atoms with Crippen molar-refractivity contribution in [3.05, 3.63) is 57.0 Å². The summed E-state index contributed by atoms with van der Waals surface area (Å²) in [5.41, 5.74) is 0.971. The molecule has 0 aliphatic rings. The molecule has 0 bridgehead atoms. The van der Waals surface area contributed by atoms with Crippen LogP contribution >= 0.6 is 27.5 Å². The minimum absolute atomic E-state index is 0.0703. The number of carbonyl (C=O) groups excluding carboxylic acids is 1. The Morgan fingerprint density at radius 2 is 2.00 bits per heavy atom. The number of amides is 1. The van der Waals surface area contributed by atoms with Crippen LogP contribution in [0.4, 0.5) is 5.69 Å². The molecule has 0 radical (unpaired) electrons. The summed E-state index contributed by atoms with van der Waals surface area (Å²) in [5.74, 6) is 0.451. The van der Waals surface area contributed by atoms with Gasteiger partial charge in [-0.1, -0.05) is 23.7 Å². The molecule has 0 aromatic heterocycles. The number of methoxy groups -OCH3 is 2. The number of rotatable bonds is 5. The van der Waals surface area contributed by atoms with Crippen LogP contribution in [-0.2, 0) is 4.79 Å². The summed E-state index contributed by atoms with van der Waals surface area (Å²) in [6.45, 7) is 0. The Balaban J connectivity index is 2.34. The molecule has 2 rings (SSSR count). The van der Waals surface area contributed by atoms with Crippen molar-refractivity contribution < 1.29 is 14.3 Å². The SMILES string of the molecule is COc1cc(/C=C(\C#N)C(=O)Nc2ccccc2Cl)cc(Br)c1OC. The first-order valence-electron chi connectivity index (χ1n) is 7.09. The van der Waals surface area contributed by atoms with E-state index >= 15 is 0 Å². The predicted molar refractivity (Wildman–Crippen MR) is 101 cm³/mol. The van der Waals surface area contributed by atoms with Crippen molar-refractivity contribution in [2.24, 2.45) is 0 Å². The Kier molecular flexibility index (Phi) is 6.45. The molecule has 5 nitrogen and oxygen atoms in total. The molecule has 0 atom stereocenters. The first-order valence-corrected chi connectivity index (χ1v) is 8.26. The van der Waals surface area contributed by atoms with Crippen molar-refractivity contribution in [3.63, 3.8) is 0 Å². The minimum Gasteiger partial charge on any atom is -0.493 e. The molecule has 0 saturated carbocycles. The van der Waals surface area contributed by atoms with Gasteiger partial charge in [-0.3, -0.25) is 4.79 Å². The van der Waals surface area contributed by atoms with Gasteiger partial charge in [0.25, 0.3) is 5.91 Å². The minimum atomic E-state index is -0.554. The fraction of sp³-hybridized carbons (Fsp3) is 0.111. The van der Waals surface area contributed by atoms with Gasteiger partial charge in [-0.2, -0.15) is 5.26 Å². The van der Waals surface area contributed by atoms with Gasteiger partial charge in [-0.15, -0.1) is 0 Å². The number of hydrogen-bond donors (Lipinski definition) is 1. The number of halogens is 2. The van der Waals surface area contributed by atoms with Crippen LogP contribution in [0.5, 0.6) is 11.5 Å². The lowest BCUT2D eigenvalue weighted by Crippen LogP contribution is -2.13. The largest absolute Gasteiger partial charge is 0.493 e. The van der Waals surface area contributed by atoms with E-state index in [0.717, 1.165) is 0 Å². The third-order valence-electron chi connectivity index (χ3n) is 3.25. The molecule has 0 saturated heterocycles. The van der Waals surface area contributed by atoms with Crippen LogP contribution in [0.1, 0.15) is 5.56 Å². The van der Waals surface area contributed by atoms with Crippen LogP contribution in [-0.4, -0.2) is 20.1 Å². The van der Waals surface area contributed by atoms with E-state index in [-0.39, 0.29) is 5.57 Å². The summed E-state index contributed by atoms with van der Waals surface area (Å²) in [5, 5.41) is 12.3. The number of carbonyl (C=O) groups is 1. The lowest BCUT2D eigenvalue weighted by molar-refractivity contribution is -0.112. The van der Waals surface area contributed by atoms with Crippen molar-refractivity contribution in [2.45, 2.75) is 0 Å². The highest BCUT2D eigenvalue weighted by atomic mass is 79.9. The standard InChI is InChI=1S/C18H14BrClN2O3/c1-24-16-9-11(8-13(19)17(16)25-2)7-12(10-21)18(23)22-15-6-4-3-5-14(15)20/h3-9H,1-2H3,(H,22,23)/b12-7+. The van der Waals surface area contributed by atoms with Crippen molar-refractivity contribution >= 4 is 45.2 Å². The number of nitrogens with one attached hydrogen (secondary N) is 1. The van der Waals surface area contributed by atoms with Crippen LogP contribution in [0.15, 0.2) is 46.4 Å². The molecule has 7 heteroatoms. The molecule has 2 aromatic carbocycles. The van der Waals surface area contributed by atoms with E-state index in [9.17, 15) is 10.1 Å². The third kappa shape index (κ3) is 4.53. The van der Waals surface area contributed by atoms with Crippen LogP contribution in [0, 0.1) is 11.3 Å². The quantitative estimate of drug-likeness (QED) is 0.563. The second-order valence-corrected chi connectivity index (χ2v) is 6.10. The number of para-hydroxylation sites is 1. The maximum absolute atomic E-state index is 12.3. The number of ether oxygens (including phenoxy) is 2. The molecule has 2 aromatic rings. The van der Waals surface area contributed by atoms with Crippen LogP contribution in [0.3, 0.4) is 0 Å². The Hall–Kier alpha value is -2.49. The second kappa shape index (κ2) is 8.56. The van der Waals surface area contributed by atoms with Gasteiger partial charge in [0, 0.05) is 0 Å². The first kappa shape index (κ1) is 18.8. The molecule has 1 amide bonds. The Morgan fingerprint density at radius 3 is 2.60 bits per heavy atom. The lowest BCUT2D eigenvalue weighted by atomic mass is 10.1. The summed E-state index contributed by atoms with van der Waals surface area (Å²) in [6, 6.07) is 12.1. The highest BCUT2D eigenvalue weighted by Gasteiger charge is 2.14. The topological polar surface area (TPSA) is 71.3 Å². The number of anilines is 1. The molecule has 0 spiro atoms. The van der Waals surface area contributed by atoms with Crippen molar-refractivity contribution in [1.82, 2.24) is 0 Å². The fourth-order valence-corrected chi connectivity index (χ4v) is 2.89. The van der Waals surface area contributed by atoms with E-state index in [4.69, 9.17) is 21.1 Å². The predicted octanol–water partition coefficient (Wildman–Crippen LogP) is 4.67. The summed E-state index contributed by atoms with van der Waals surface area (Å²) in [6.07, 6.45) is 1.46. The molecule has 0 aliphatic carbocycles. The smallest absolute Gasteiger partial charge is 0.266 e. The molecular formula is C18H14BrClN2O3.